The molecule has 3 aromatic rings. The Labute approximate surface area is 147 Å². The minimum atomic E-state index is 0.753. The van der Waals surface area contributed by atoms with Crippen LogP contribution in [0.2, 0.25) is 0 Å². The third-order valence-corrected chi connectivity index (χ3v) is 4.93. The minimum absolute atomic E-state index is 0.753. The normalized spacial score (nSPS) is 15.9. The maximum absolute atomic E-state index is 5.91. The lowest BCUT2D eigenvalue weighted by Crippen LogP contribution is -2.46. The first kappa shape index (κ1) is 16.0. The zero-order chi connectivity index (χ0) is 17.4. The standard InChI is InChI=1S/C19H23N5O/c1-13-4-5-16-17(10-13)25-18(22-16)11-23-6-8-24(9-7-23)19-14(2)15(3)20-12-21-19/h4-5,10,12H,6-9,11H2,1-3H3. The monoisotopic (exact) mass is 337 g/mol. The molecule has 1 aromatic carbocycles. The van der Waals surface area contributed by atoms with Crippen LogP contribution < -0.4 is 4.90 Å². The molecule has 1 fully saturated rings. The number of aromatic nitrogens is 3. The van der Waals surface area contributed by atoms with Gasteiger partial charge in [0.25, 0.3) is 0 Å². The Bertz CT molecular complexity index is 896. The van der Waals surface area contributed by atoms with Crippen molar-refractivity contribution in [3.8, 4) is 0 Å². The average Bonchev–Trinajstić information content (AvgIpc) is 2.99. The van der Waals surface area contributed by atoms with Crippen molar-refractivity contribution in [1.82, 2.24) is 19.9 Å². The van der Waals surface area contributed by atoms with Gasteiger partial charge >= 0.3 is 0 Å². The summed E-state index contributed by atoms with van der Waals surface area (Å²) < 4.78 is 5.91. The first-order valence-electron chi connectivity index (χ1n) is 8.72. The lowest BCUT2D eigenvalue weighted by atomic mass is 10.2. The molecule has 1 saturated heterocycles. The van der Waals surface area contributed by atoms with E-state index < -0.39 is 0 Å². The molecule has 1 aliphatic heterocycles. The van der Waals surface area contributed by atoms with E-state index in [1.807, 2.05) is 19.1 Å². The van der Waals surface area contributed by atoms with E-state index in [9.17, 15) is 0 Å². The minimum Gasteiger partial charge on any atom is -0.439 e. The molecule has 0 aliphatic carbocycles. The van der Waals surface area contributed by atoms with Crippen molar-refractivity contribution in [1.29, 1.82) is 0 Å². The van der Waals surface area contributed by atoms with Crippen molar-refractivity contribution >= 4 is 16.9 Å². The maximum Gasteiger partial charge on any atom is 0.209 e. The van der Waals surface area contributed by atoms with Gasteiger partial charge in [0.05, 0.1) is 6.54 Å². The molecule has 1 aliphatic rings. The number of hydrogen-bond acceptors (Lipinski definition) is 6. The molecule has 0 amide bonds. The Morgan fingerprint density at radius 2 is 1.84 bits per heavy atom. The Morgan fingerprint density at radius 3 is 2.64 bits per heavy atom. The van der Waals surface area contributed by atoms with Gasteiger partial charge in [-0.05, 0) is 38.5 Å². The second kappa shape index (κ2) is 6.44. The fourth-order valence-electron chi connectivity index (χ4n) is 3.30. The van der Waals surface area contributed by atoms with Gasteiger partial charge in [0.1, 0.15) is 17.7 Å². The predicted octanol–water partition coefficient (Wildman–Crippen LogP) is 2.87. The number of oxazole rings is 1. The van der Waals surface area contributed by atoms with Crippen molar-refractivity contribution < 1.29 is 4.42 Å². The summed E-state index contributed by atoms with van der Waals surface area (Å²) in [6.07, 6.45) is 1.66. The fraction of sp³-hybridized carbons (Fsp3) is 0.421. The largest absolute Gasteiger partial charge is 0.439 e. The highest BCUT2D eigenvalue weighted by Gasteiger charge is 2.21. The van der Waals surface area contributed by atoms with Crippen molar-refractivity contribution in [2.75, 3.05) is 31.1 Å². The molecule has 0 spiro atoms. The first-order valence-corrected chi connectivity index (χ1v) is 8.72. The molecule has 0 N–H and O–H groups in total. The van der Waals surface area contributed by atoms with Crippen LogP contribution in [0.5, 0.6) is 0 Å². The van der Waals surface area contributed by atoms with Crippen LogP contribution in [0.25, 0.3) is 11.1 Å². The van der Waals surface area contributed by atoms with Crippen LogP contribution >= 0.6 is 0 Å². The third-order valence-electron chi connectivity index (χ3n) is 4.93. The second-order valence-electron chi connectivity index (χ2n) is 6.75. The molecule has 3 heterocycles. The Balaban J connectivity index is 1.42. The Morgan fingerprint density at radius 1 is 1.04 bits per heavy atom. The molecule has 6 nitrogen and oxygen atoms in total. The summed E-state index contributed by atoms with van der Waals surface area (Å²) in [6, 6.07) is 6.14. The molecule has 0 radical (unpaired) electrons. The lowest BCUT2D eigenvalue weighted by Gasteiger charge is -2.35. The highest BCUT2D eigenvalue weighted by atomic mass is 16.3. The molecule has 0 unspecified atom stereocenters. The molecule has 2 aromatic heterocycles. The fourth-order valence-corrected chi connectivity index (χ4v) is 3.30. The van der Waals surface area contributed by atoms with Crippen LogP contribution in [0.3, 0.4) is 0 Å². The highest BCUT2D eigenvalue weighted by Crippen LogP contribution is 2.21. The van der Waals surface area contributed by atoms with Crippen molar-refractivity contribution in [3.05, 3.63) is 47.2 Å². The molecule has 25 heavy (non-hydrogen) atoms. The lowest BCUT2D eigenvalue weighted by molar-refractivity contribution is 0.228. The van der Waals surface area contributed by atoms with Gasteiger partial charge < -0.3 is 9.32 Å². The van der Waals surface area contributed by atoms with E-state index in [0.717, 1.165) is 61.2 Å². The second-order valence-corrected chi connectivity index (χ2v) is 6.75. The number of rotatable bonds is 3. The summed E-state index contributed by atoms with van der Waals surface area (Å²) in [5, 5.41) is 0. The van der Waals surface area contributed by atoms with E-state index in [1.165, 1.54) is 11.1 Å². The molecule has 4 rings (SSSR count). The third kappa shape index (κ3) is 3.22. The van der Waals surface area contributed by atoms with Gasteiger partial charge in [-0.15, -0.1) is 0 Å². The van der Waals surface area contributed by atoms with E-state index in [2.05, 4.69) is 44.7 Å². The van der Waals surface area contributed by atoms with Gasteiger partial charge in [-0.3, -0.25) is 4.90 Å². The smallest absolute Gasteiger partial charge is 0.209 e. The van der Waals surface area contributed by atoms with Crippen LogP contribution in [0.15, 0.2) is 28.9 Å². The van der Waals surface area contributed by atoms with E-state index in [4.69, 9.17) is 4.42 Å². The van der Waals surface area contributed by atoms with Crippen LogP contribution in [-0.2, 0) is 6.54 Å². The number of aryl methyl sites for hydroxylation is 2. The predicted molar refractivity (Wildman–Crippen MR) is 97.7 cm³/mol. The molecular formula is C19H23N5O. The molecular weight excluding hydrogens is 314 g/mol. The summed E-state index contributed by atoms with van der Waals surface area (Å²) in [4.78, 5) is 18.1. The summed E-state index contributed by atoms with van der Waals surface area (Å²) in [7, 11) is 0. The van der Waals surface area contributed by atoms with Gasteiger partial charge in [0, 0.05) is 37.4 Å². The number of nitrogens with zero attached hydrogens (tertiary/aromatic N) is 5. The summed E-state index contributed by atoms with van der Waals surface area (Å²) >= 11 is 0. The van der Waals surface area contributed by atoms with Gasteiger partial charge in [0.15, 0.2) is 5.58 Å². The topological polar surface area (TPSA) is 58.3 Å². The number of hydrogen-bond donors (Lipinski definition) is 0. The maximum atomic E-state index is 5.91. The Kier molecular flexibility index (Phi) is 4.13. The molecule has 0 saturated carbocycles. The molecule has 130 valence electrons. The van der Waals surface area contributed by atoms with Crippen LogP contribution in [0.4, 0.5) is 5.82 Å². The highest BCUT2D eigenvalue weighted by molar-refractivity contribution is 5.73. The van der Waals surface area contributed by atoms with E-state index in [0.29, 0.717) is 0 Å². The molecule has 6 heteroatoms. The molecule has 0 atom stereocenters. The summed E-state index contributed by atoms with van der Waals surface area (Å²) in [6.45, 7) is 10.8. The number of piperazine rings is 1. The quantitative estimate of drug-likeness (QED) is 0.732. The van der Waals surface area contributed by atoms with E-state index in [1.54, 1.807) is 6.33 Å². The van der Waals surface area contributed by atoms with Crippen LogP contribution in [0, 0.1) is 20.8 Å². The summed E-state index contributed by atoms with van der Waals surface area (Å²) in [5.41, 5.74) is 5.23. The average molecular weight is 337 g/mol. The van der Waals surface area contributed by atoms with Crippen molar-refractivity contribution in [2.24, 2.45) is 0 Å². The number of fused-ring (bicyclic) bond motifs is 1. The van der Waals surface area contributed by atoms with Gasteiger partial charge in [-0.1, -0.05) is 6.07 Å². The van der Waals surface area contributed by atoms with Crippen LogP contribution in [-0.4, -0.2) is 46.0 Å². The Hall–Kier alpha value is -2.47. The zero-order valence-corrected chi connectivity index (χ0v) is 15.0. The van der Waals surface area contributed by atoms with E-state index >= 15 is 0 Å². The number of anilines is 1. The number of benzene rings is 1. The van der Waals surface area contributed by atoms with Crippen molar-refractivity contribution in [3.63, 3.8) is 0 Å². The summed E-state index contributed by atoms with van der Waals surface area (Å²) in [5.74, 6) is 1.85. The van der Waals surface area contributed by atoms with E-state index in [-0.39, 0.29) is 0 Å². The van der Waals surface area contributed by atoms with Gasteiger partial charge in [-0.2, -0.15) is 0 Å². The van der Waals surface area contributed by atoms with Crippen molar-refractivity contribution in [2.45, 2.75) is 27.3 Å². The van der Waals surface area contributed by atoms with Crippen LogP contribution in [0.1, 0.15) is 22.7 Å². The molecule has 0 bridgehead atoms. The van der Waals surface area contributed by atoms with Gasteiger partial charge in [-0.25, -0.2) is 15.0 Å². The SMILES string of the molecule is Cc1ccc2nc(CN3CCN(c4ncnc(C)c4C)CC3)oc2c1. The van der Waals surface area contributed by atoms with Gasteiger partial charge in [0.2, 0.25) is 5.89 Å². The first-order chi connectivity index (χ1) is 12.1. The zero-order valence-electron chi connectivity index (χ0n) is 15.0.